The maximum atomic E-state index is 12.5. The molecule has 2 nitrogen and oxygen atoms in total. The molecule has 0 bridgehead atoms. The fourth-order valence-electron chi connectivity index (χ4n) is 2.43. The summed E-state index contributed by atoms with van der Waals surface area (Å²) in [6.07, 6.45) is 0.830. The molecule has 0 fully saturated rings. The van der Waals surface area contributed by atoms with Crippen molar-refractivity contribution < 1.29 is 4.79 Å². The number of benzene rings is 2. The van der Waals surface area contributed by atoms with Crippen LogP contribution in [0.3, 0.4) is 0 Å². The van der Waals surface area contributed by atoms with Crippen molar-refractivity contribution in [3.63, 3.8) is 0 Å². The van der Waals surface area contributed by atoms with Gasteiger partial charge in [0.05, 0.1) is 0 Å². The summed E-state index contributed by atoms with van der Waals surface area (Å²) in [6, 6.07) is 13.8. The zero-order valence-corrected chi connectivity index (χ0v) is 10.7. The molecule has 0 aromatic heterocycles. The van der Waals surface area contributed by atoms with Crippen LogP contribution in [-0.4, -0.2) is 11.7 Å². The summed E-state index contributed by atoms with van der Waals surface area (Å²) in [4.78, 5) is 13.5. The zero-order valence-electron chi connectivity index (χ0n) is 9.85. The number of thioether (sulfide) groups is 1. The molecule has 2 aromatic rings. The van der Waals surface area contributed by atoms with E-state index in [1.165, 1.54) is 11.8 Å². The van der Waals surface area contributed by atoms with Crippen LogP contribution < -0.4 is 5.73 Å². The van der Waals surface area contributed by atoms with Gasteiger partial charge in [-0.3, -0.25) is 4.79 Å². The minimum Gasteiger partial charge on any atom is -0.322 e. The van der Waals surface area contributed by atoms with Gasteiger partial charge >= 0.3 is 0 Å². The molecule has 2 N–H and O–H groups in total. The number of nitrogens with two attached hydrogens (primary N) is 1. The van der Waals surface area contributed by atoms with Crippen LogP contribution in [0.15, 0.2) is 47.4 Å². The molecule has 0 amide bonds. The molecule has 3 rings (SSSR count). The molecule has 1 aliphatic carbocycles. The van der Waals surface area contributed by atoms with E-state index < -0.39 is 0 Å². The van der Waals surface area contributed by atoms with Crippen LogP contribution in [0.5, 0.6) is 0 Å². The van der Waals surface area contributed by atoms with Crippen molar-refractivity contribution in [1.82, 2.24) is 0 Å². The number of rotatable bonds is 2. The number of carbonyl (C=O) groups is 1. The van der Waals surface area contributed by atoms with Crippen molar-refractivity contribution >= 4 is 17.5 Å². The predicted octanol–water partition coefficient (Wildman–Crippen LogP) is 2.83. The molecule has 0 saturated carbocycles. The average molecular weight is 255 g/mol. The highest BCUT2D eigenvalue weighted by molar-refractivity contribution is 7.99. The van der Waals surface area contributed by atoms with Crippen molar-refractivity contribution in [1.29, 1.82) is 0 Å². The van der Waals surface area contributed by atoms with E-state index in [2.05, 4.69) is 0 Å². The summed E-state index contributed by atoms with van der Waals surface area (Å²) in [6.45, 7) is 0. The fraction of sp³-hybridized carbons (Fsp3) is 0.133. The van der Waals surface area contributed by atoms with Gasteiger partial charge < -0.3 is 5.73 Å². The summed E-state index contributed by atoms with van der Waals surface area (Å²) in [5.41, 5.74) is 9.48. The average Bonchev–Trinajstić information content (AvgIpc) is 2.39. The third-order valence-electron chi connectivity index (χ3n) is 3.22. The Kier molecular flexibility index (Phi) is 2.94. The van der Waals surface area contributed by atoms with Gasteiger partial charge in [0.2, 0.25) is 0 Å². The smallest absolute Gasteiger partial charge is 0.194 e. The molecule has 0 aliphatic heterocycles. The Morgan fingerprint density at radius 1 is 1.06 bits per heavy atom. The lowest BCUT2D eigenvalue weighted by molar-refractivity contribution is 0.103. The lowest BCUT2D eigenvalue weighted by atomic mass is 9.85. The van der Waals surface area contributed by atoms with E-state index in [1.807, 2.05) is 42.5 Å². The van der Waals surface area contributed by atoms with Crippen molar-refractivity contribution in [2.75, 3.05) is 5.88 Å². The largest absolute Gasteiger partial charge is 0.322 e. The lowest BCUT2D eigenvalue weighted by Gasteiger charge is -2.20. The molecule has 0 unspecified atom stereocenters. The Morgan fingerprint density at radius 3 is 2.67 bits per heavy atom. The van der Waals surface area contributed by atoms with Crippen LogP contribution in [0.25, 0.3) is 0 Å². The van der Waals surface area contributed by atoms with Gasteiger partial charge in [-0.15, -0.1) is 11.8 Å². The standard InChI is InChI=1S/C15H13NOS/c16-9-18-13-7-3-5-11-8-10-4-1-2-6-12(10)15(17)14(11)13/h1-7H,8-9,16H2. The second kappa shape index (κ2) is 4.59. The molecule has 18 heavy (non-hydrogen) atoms. The minimum atomic E-state index is 0.128. The minimum absolute atomic E-state index is 0.128. The highest BCUT2D eigenvalue weighted by Gasteiger charge is 2.25. The maximum Gasteiger partial charge on any atom is 0.194 e. The molecule has 1 aliphatic rings. The highest BCUT2D eigenvalue weighted by Crippen LogP contribution is 2.33. The van der Waals surface area contributed by atoms with Crippen LogP contribution >= 0.6 is 11.8 Å². The lowest BCUT2D eigenvalue weighted by Crippen LogP contribution is -2.16. The third-order valence-corrected chi connectivity index (χ3v) is 4.04. The zero-order chi connectivity index (χ0) is 12.5. The second-order valence-electron chi connectivity index (χ2n) is 4.26. The first-order chi connectivity index (χ1) is 8.81. The van der Waals surface area contributed by atoms with Gasteiger partial charge in [-0.1, -0.05) is 36.4 Å². The van der Waals surface area contributed by atoms with Crippen LogP contribution in [0.4, 0.5) is 0 Å². The molecule has 0 spiro atoms. The number of hydrogen-bond acceptors (Lipinski definition) is 3. The number of carbonyl (C=O) groups excluding carboxylic acids is 1. The van der Waals surface area contributed by atoms with Crippen molar-refractivity contribution in [2.45, 2.75) is 11.3 Å². The van der Waals surface area contributed by atoms with Gasteiger partial charge in [0.15, 0.2) is 5.78 Å². The summed E-state index contributed by atoms with van der Waals surface area (Å²) < 4.78 is 0. The fourth-order valence-corrected chi connectivity index (χ4v) is 3.15. The topological polar surface area (TPSA) is 43.1 Å². The Morgan fingerprint density at radius 2 is 1.83 bits per heavy atom. The van der Waals surface area contributed by atoms with E-state index in [-0.39, 0.29) is 5.78 Å². The van der Waals surface area contributed by atoms with E-state index >= 15 is 0 Å². The van der Waals surface area contributed by atoms with Crippen LogP contribution in [0, 0.1) is 0 Å². The summed E-state index contributed by atoms with van der Waals surface area (Å²) in [7, 11) is 0. The molecule has 0 radical (unpaired) electrons. The van der Waals surface area contributed by atoms with E-state index in [0.717, 1.165) is 33.6 Å². The van der Waals surface area contributed by atoms with E-state index in [9.17, 15) is 4.79 Å². The van der Waals surface area contributed by atoms with Crippen molar-refractivity contribution in [2.24, 2.45) is 5.73 Å². The monoisotopic (exact) mass is 255 g/mol. The number of fused-ring (bicyclic) bond motifs is 2. The van der Waals surface area contributed by atoms with E-state index in [0.29, 0.717) is 5.88 Å². The molecule has 3 heteroatoms. The molecular weight excluding hydrogens is 242 g/mol. The normalized spacial score (nSPS) is 13.1. The quantitative estimate of drug-likeness (QED) is 0.565. The predicted molar refractivity (Wildman–Crippen MR) is 74.0 cm³/mol. The Balaban J connectivity index is 2.17. The first-order valence-electron chi connectivity index (χ1n) is 5.88. The van der Waals surface area contributed by atoms with Crippen molar-refractivity contribution in [3.8, 4) is 0 Å². The van der Waals surface area contributed by atoms with Crippen LogP contribution in [0.2, 0.25) is 0 Å². The van der Waals surface area contributed by atoms with Gasteiger partial charge in [0, 0.05) is 21.9 Å². The third kappa shape index (κ3) is 1.76. The molecule has 0 atom stereocenters. The van der Waals surface area contributed by atoms with Gasteiger partial charge in [-0.05, 0) is 23.6 Å². The number of hydrogen-bond donors (Lipinski definition) is 1. The maximum absolute atomic E-state index is 12.5. The van der Waals surface area contributed by atoms with Crippen molar-refractivity contribution in [3.05, 3.63) is 64.7 Å². The molecule has 2 aromatic carbocycles. The summed E-state index contributed by atoms with van der Waals surface area (Å²) in [5, 5.41) is 0. The van der Waals surface area contributed by atoms with Crippen LogP contribution in [0.1, 0.15) is 27.0 Å². The van der Waals surface area contributed by atoms with Crippen LogP contribution in [-0.2, 0) is 6.42 Å². The Bertz CT molecular complexity index is 622. The first kappa shape index (κ1) is 11.5. The first-order valence-corrected chi connectivity index (χ1v) is 6.87. The number of ketones is 1. The van der Waals surface area contributed by atoms with Gasteiger partial charge in [-0.2, -0.15) is 0 Å². The van der Waals surface area contributed by atoms with Gasteiger partial charge in [0.1, 0.15) is 0 Å². The van der Waals surface area contributed by atoms with Gasteiger partial charge in [-0.25, -0.2) is 0 Å². The second-order valence-corrected chi connectivity index (χ2v) is 5.33. The Hall–Kier alpha value is -1.58. The molecule has 0 saturated heterocycles. The molecule has 0 heterocycles. The molecular formula is C15H13NOS. The Labute approximate surface area is 110 Å². The van der Waals surface area contributed by atoms with E-state index in [4.69, 9.17) is 5.73 Å². The van der Waals surface area contributed by atoms with E-state index in [1.54, 1.807) is 0 Å². The summed E-state index contributed by atoms with van der Waals surface area (Å²) in [5.74, 6) is 0.620. The van der Waals surface area contributed by atoms with Gasteiger partial charge in [0.25, 0.3) is 0 Å². The summed E-state index contributed by atoms with van der Waals surface area (Å²) >= 11 is 1.53. The SMILES string of the molecule is NCSc1cccc2c1C(=O)c1ccccc1C2. The molecule has 90 valence electrons. The highest BCUT2D eigenvalue weighted by atomic mass is 32.2.